The number of halogens is 1. The molecule has 0 amide bonds. The molecule has 158 valence electrons. The van der Waals surface area contributed by atoms with Gasteiger partial charge in [0.05, 0.1) is 12.1 Å². The van der Waals surface area contributed by atoms with Crippen molar-refractivity contribution in [1.29, 1.82) is 0 Å². The second-order valence-corrected chi connectivity index (χ2v) is 7.75. The zero-order valence-corrected chi connectivity index (χ0v) is 17.7. The highest BCUT2D eigenvalue weighted by Gasteiger charge is 2.24. The van der Waals surface area contributed by atoms with Crippen molar-refractivity contribution in [3.63, 3.8) is 0 Å². The van der Waals surface area contributed by atoms with Crippen LogP contribution < -0.4 is 5.56 Å². The van der Waals surface area contributed by atoms with Crippen LogP contribution in [0.3, 0.4) is 0 Å². The molecule has 0 bridgehead atoms. The van der Waals surface area contributed by atoms with Crippen LogP contribution in [0.25, 0.3) is 11.0 Å². The average Bonchev–Trinajstić information content (AvgIpc) is 2.72. The Morgan fingerprint density at radius 2 is 2.00 bits per heavy atom. The summed E-state index contributed by atoms with van der Waals surface area (Å²) in [6, 6.07) is 7.93. The van der Waals surface area contributed by atoms with Crippen molar-refractivity contribution in [2.24, 2.45) is 0 Å². The number of aromatic hydroxyl groups is 1. The second kappa shape index (κ2) is 9.75. The quantitative estimate of drug-likeness (QED) is 0.433. The van der Waals surface area contributed by atoms with Gasteiger partial charge in [0.1, 0.15) is 11.3 Å². The number of ether oxygens (including phenoxy) is 1. The molecule has 2 heterocycles. The summed E-state index contributed by atoms with van der Waals surface area (Å²) in [5.74, 6) is -0.804. The lowest BCUT2D eigenvalue weighted by molar-refractivity contribution is 0.0520. The highest BCUT2D eigenvalue weighted by molar-refractivity contribution is 7.98. The molecular weight excluding hydrogens is 407 g/mol. The molecule has 0 radical (unpaired) electrons. The van der Waals surface area contributed by atoms with Gasteiger partial charge in [-0.3, -0.25) is 9.78 Å². The van der Waals surface area contributed by atoms with E-state index in [1.165, 1.54) is 16.7 Å². The van der Waals surface area contributed by atoms with Crippen molar-refractivity contribution in [3.05, 3.63) is 69.4 Å². The first-order chi connectivity index (χ1) is 14.5. The van der Waals surface area contributed by atoms with Crippen molar-refractivity contribution in [1.82, 2.24) is 9.55 Å². The minimum Gasteiger partial charge on any atom is -0.505 e. The molecule has 0 saturated carbocycles. The lowest BCUT2D eigenvalue weighted by Gasteiger charge is -2.15. The molecule has 0 atom stereocenters. The van der Waals surface area contributed by atoms with Gasteiger partial charge in [0.25, 0.3) is 5.56 Å². The van der Waals surface area contributed by atoms with Gasteiger partial charge in [0, 0.05) is 12.7 Å². The smallest absolute Gasteiger partial charge is 0.347 e. The Kier molecular flexibility index (Phi) is 7.10. The number of benzene rings is 1. The predicted molar refractivity (Wildman–Crippen MR) is 116 cm³/mol. The molecule has 8 heteroatoms. The number of aromatic nitrogens is 2. The molecule has 0 aliphatic carbocycles. The lowest BCUT2D eigenvalue weighted by Crippen LogP contribution is -2.28. The number of nitrogens with zero attached hydrogens (tertiary/aromatic N) is 2. The fourth-order valence-electron chi connectivity index (χ4n) is 3.26. The molecular formula is C22H23FN2O4S. The Morgan fingerprint density at radius 3 is 2.67 bits per heavy atom. The number of pyridine rings is 2. The third-order valence-electron chi connectivity index (χ3n) is 4.67. The molecule has 1 N–H and O–H groups in total. The van der Waals surface area contributed by atoms with Gasteiger partial charge in [0.2, 0.25) is 0 Å². The first-order valence-electron chi connectivity index (χ1n) is 9.61. The molecule has 2 aromatic heterocycles. The minimum atomic E-state index is -0.863. The topological polar surface area (TPSA) is 81.4 Å². The van der Waals surface area contributed by atoms with Gasteiger partial charge < -0.3 is 14.4 Å². The first-order valence-corrected chi connectivity index (χ1v) is 11.0. The number of hydrogen-bond donors (Lipinski definition) is 1. The number of fused-ring (bicyclic) bond motifs is 1. The van der Waals surface area contributed by atoms with Gasteiger partial charge in [0.15, 0.2) is 11.3 Å². The molecule has 6 nitrogen and oxygen atoms in total. The maximum Gasteiger partial charge on any atom is 0.347 e. The fourth-order valence-corrected chi connectivity index (χ4v) is 3.68. The van der Waals surface area contributed by atoms with Crippen LogP contribution in [0, 0.1) is 5.82 Å². The van der Waals surface area contributed by atoms with Crippen LogP contribution in [0.4, 0.5) is 4.39 Å². The maximum absolute atomic E-state index is 13.2. The number of carbonyl (C=O) groups is 1. The zero-order chi connectivity index (χ0) is 21.7. The molecule has 30 heavy (non-hydrogen) atoms. The van der Waals surface area contributed by atoms with Crippen LogP contribution in [0.1, 0.15) is 34.8 Å². The average molecular weight is 431 g/mol. The van der Waals surface area contributed by atoms with Crippen molar-refractivity contribution in [2.45, 2.75) is 26.3 Å². The normalized spacial score (nSPS) is 11.0. The summed E-state index contributed by atoms with van der Waals surface area (Å²) in [5, 5.41) is 10.6. The zero-order valence-electron chi connectivity index (χ0n) is 16.9. The molecule has 0 aliphatic rings. The Morgan fingerprint density at radius 1 is 1.27 bits per heavy atom. The van der Waals surface area contributed by atoms with Gasteiger partial charge >= 0.3 is 5.97 Å². The van der Waals surface area contributed by atoms with E-state index in [0.717, 1.165) is 16.9 Å². The SMILES string of the molecule is CCOC(=O)c1c(O)c2ncc(Cc3ccc(F)cc3)cc2n(CCCSC)c1=O. The van der Waals surface area contributed by atoms with Crippen LogP contribution in [0.5, 0.6) is 5.75 Å². The molecule has 3 aromatic rings. The number of hydrogen-bond acceptors (Lipinski definition) is 6. The van der Waals surface area contributed by atoms with Crippen LogP contribution in [0.15, 0.2) is 41.3 Å². The first kappa shape index (κ1) is 21.8. The summed E-state index contributed by atoms with van der Waals surface area (Å²) in [6.07, 6.45) is 4.76. The van der Waals surface area contributed by atoms with Gasteiger partial charge in [-0.2, -0.15) is 11.8 Å². The minimum absolute atomic E-state index is 0.0895. The highest BCUT2D eigenvalue weighted by Crippen LogP contribution is 2.27. The van der Waals surface area contributed by atoms with E-state index in [2.05, 4.69) is 4.98 Å². The van der Waals surface area contributed by atoms with E-state index in [1.54, 1.807) is 43.1 Å². The van der Waals surface area contributed by atoms with Gasteiger partial charge in [-0.1, -0.05) is 12.1 Å². The molecule has 0 unspecified atom stereocenters. The summed E-state index contributed by atoms with van der Waals surface area (Å²) in [5.41, 5.74) is 1.32. The monoisotopic (exact) mass is 430 g/mol. The largest absolute Gasteiger partial charge is 0.505 e. The summed E-state index contributed by atoms with van der Waals surface area (Å²) >= 11 is 1.66. The number of aryl methyl sites for hydroxylation is 1. The van der Waals surface area contributed by atoms with Crippen LogP contribution >= 0.6 is 11.8 Å². The lowest BCUT2D eigenvalue weighted by atomic mass is 10.1. The van der Waals surface area contributed by atoms with E-state index in [-0.39, 0.29) is 17.9 Å². The summed E-state index contributed by atoms with van der Waals surface area (Å²) in [7, 11) is 0. The summed E-state index contributed by atoms with van der Waals surface area (Å²) in [4.78, 5) is 29.7. The molecule has 3 rings (SSSR count). The third-order valence-corrected chi connectivity index (χ3v) is 5.36. The maximum atomic E-state index is 13.2. The Bertz CT molecular complexity index is 1110. The number of thioether (sulfide) groups is 1. The van der Waals surface area contributed by atoms with Crippen LogP contribution in [-0.2, 0) is 17.7 Å². The second-order valence-electron chi connectivity index (χ2n) is 6.76. The highest BCUT2D eigenvalue weighted by atomic mass is 32.2. The van der Waals surface area contributed by atoms with E-state index in [9.17, 15) is 19.1 Å². The Labute approximate surface area is 177 Å². The van der Waals surface area contributed by atoms with E-state index >= 15 is 0 Å². The van der Waals surface area contributed by atoms with Crippen molar-refractivity contribution in [3.8, 4) is 5.75 Å². The van der Waals surface area contributed by atoms with Crippen molar-refractivity contribution < 1.29 is 19.0 Å². The van der Waals surface area contributed by atoms with Crippen molar-refractivity contribution >= 4 is 28.8 Å². The standard InChI is InChI=1S/C22H23FN2O4S/c1-3-29-22(28)18-20(26)19-17(25(21(18)27)9-4-10-30-2)12-15(13-24-19)11-14-5-7-16(23)8-6-14/h5-8,12-13,26H,3-4,9-11H2,1-2H3. The third kappa shape index (κ3) is 4.64. The summed E-state index contributed by atoms with van der Waals surface area (Å²) < 4.78 is 19.6. The van der Waals surface area contributed by atoms with Gasteiger partial charge in [-0.15, -0.1) is 0 Å². The summed E-state index contributed by atoms with van der Waals surface area (Å²) in [6.45, 7) is 2.10. The Balaban J connectivity index is 2.12. The van der Waals surface area contributed by atoms with Gasteiger partial charge in [-0.25, -0.2) is 9.18 Å². The van der Waals surface area contributed by atoms with E-state index < -0.39 is 22.8 Å². The number of rotatable bonds is 8. The van der Waals surface area contributed by atoms with E-state index in [0.29, 0.717) is 24.9 Å². The van der Waals surface area contributed by atoms with Crippen LogP contribution in [0.2, 0.25) is 0 Å². The van der Waals surface area contributed by atoms with E-state index in [1.807, 2.05) is 6.26 Å². The molecule has 0 aliphatic heterocycles. The predicted octanol–water partition coefficient (Wildman–Crippen LogP) is 3.76. The van der Waals surface area contributed by atoms with Crippen LogP contribution in [-0.4, -0.2) is 39.2 Å². The van der Waals surface area contributed by atoms with Crippen molar-refractivity contribution in [2.75, 3.05) is 18.6 Å². The van der Waals surface area contributed by atoms with Gasteiger partial charge in [-0.05, 0) is 61.1 Å². The molecule has 0 fully saturated rings. The fraction of sp³-hybridized carbons (Fsp3) is 0.318. The molecule has 0 saturated heterocycles. The number of carbonyl (C=O) groups excluding carboxylic acids is 1. The molecule has 0 spiro atoms. The molecule has 1 aromatic carbocycles. The van der Waals surface area contributed by atoms with E-state index in [4.69, 9.17) is 4.74 Å². The number of esters is 1. The Hall–Kier alpha value is -2.87.